The minimum Gasteiger partial charge on any atom is -0.494 e. The largest absolute Gasteiger partial charge is 0.494 e. The Balaban J connectivity index is 1.89. The van der Waals surface area contributed by atoms with E-state index in [1.165, 1.54) is 22.6 Å². The summed E-state index contributed by atoms with van der Waals surface area (Å²) in [6.07, 6.45) is 2.24. The van der Waals surface area contributed by atoms with Crippen LogP contribution in [0.5, 0.6) is 5.75 Å². The molecule has 0 aliphatic carbocycles. The van der Waals surface area contributed by atoms with Gasteiger partial charge in [0.2, 0.25) is 0 Å². The molecule has 0 spiro atoms. The molecular weight excluding hydrogens is 292 g/mol. The molecule has 0 atom stereocenters. The summed E-state index contributed by atoms with van der Waals surface area (Å²) in [5.74, 6) is 2.18. The van der Waals surface area contributed by atoms with Crippen LogP contribution in [0.25, 0.3) is 0 Å². The topological polar surface area (TPSA) is 9.23 Å². The quantitative estimate of drug-likeness (QED) is 0.390. The van der Waals surface area contributed by atoms with Gasteiger partial charge in [0.1, 0.15) is 5.75 Å². The summed E-state index contributed by atoms with van der Waals surface area (Å²) >= 11 is 0. The minimum absolute atomic E-state index is 0.782. The molecule has 0 unspecified atom stereocenters. The average Bonchev–Trinajstić information content (AvgIpc) is 2.65. The molecule has 0 amide bonds. The van der Waals surface area contributed by atoms with Gasteiger partial charge in [-0.25, -0.2) is 0 Å². The van der Waals surface area contributed by atoms with E-state index < -0.39 is 0 Å². The van der Waals surface area contributed by atoms with E-state index in [1.807, 2.05) is 0 Å². The molecule has 24 heavy (non-hydrogen) atoms. The molecule has 0 bridgehead atoms. The van der Waals surface area contributed by atoms with Crippen molar-refractivity contribution in [3.63, 3.8) is 0 Å². The molecule has 1 heteroatoms. The molecule has 0 N–H and O–H groups in total. The second-order valence-electron chi connectivity index (χ2n) is 5.83. The Morgan fingerprint density at radius 1 is 0.667 bits per heavy atom. The fourth-order valence-electron chi connectivity index (χ4n) is 2.76. The Morgan fingerprint density at radius 2 is 1.17 bits per heavy atom. The fourth-order valence-corrected chi connectivity index (χ4v) is 2.76. The fraction of sp³-hybridized carbons (Fsp3) is 0.174. The molecule has 3 aromatic rings. The maximum Gasteiger partial charge on any atom is 0.119 e. The van der Waals surface area contributed by atoms with Crippen molar-refractivity contribution in [1.29, 1.82) is 0 Å². The summed E-state index contributed by atoms with van der Waals surface area (Å²) in [5.41, 5.74) is 3.65. The third-order valence-electron chi connectivity index (χ3n) is 4.03. The number of benzene rings is 3. The Morgan fingerprint density at radius 3 is 1.67 bits per heavy atom. The number of hydrogen-bond donors (Lipinski definition) is 0. The van der Waals surface area contributed by atoms with E-state index in [0.29, 0.717) is 0 Å². The summed E-state index contributed by atoms with van der Waals surface area (Å²) in [5, 5.41) is 0. The van der Waals surface area contributed by atoms with Gasteiger partial charge in [-0.3, -0.25) is 0 Å². The normalized spacial score (nSPS) is 10.8. The van der Waals surface area contributed by atoms with Crippen LogP contribution in [0.3, 0.4) is 0 Å². The lowest BCUT2D eigenvalue weighted by molar-refractivity contribution is 0.309. The van der Waals surface area contributed by atoms with Crippen molar-refractivity contribution >= 4 is 0 Å². The lowest BCUT2D eigenvalue weighted by Crippen LogP contribution is -2.04. The smallest absolute Gasteiger partial charge is 0.119 e. The van der Waals surface area contributed by atoms with Gasteiger partial charge in [-0.15, -0.1) is 0 Å². The van der Waals surface area contributed by atoms with Gasteiger partial charge in [0.25, 0.3) is 0 Å². The predicted octanol–water partition coefficient (Wildman–Crippen LogP) is 5.88. The van der Waals surface area contributed by atoms with Gasteiger partial charge in [0.15, 0.2) is 0 Å². The van der Waals surface area contributed by atoms with Crippen LogP contribution in [-0.2, 0) is 0 Å². The first-order valence-corrected chi connectivity index (χ1v) is 8.59. The van der Waals surface area contributed by atoms with E-state index in [9.17, 15) is 0 Å². The van der Waals surface area contributed by atoms with Gasteiger partial charge in [-0.05, 0) is 35.2 Å². The molecule has 0 aliphatic rings. The highest BCUT2D eigenvalue weighted by atomic mass is 16.5. The first-order chi connectivity index (χ1) is 11.9. The lowest BCUT2D eigenvalue weighted by Gasteiger charge is -2.18. The van der Waals surface area contributed by atoms with E-state index in [-0.39, 0.29) is 0 Å². The van der Waals surface area contributed by atoms with E-state index in [1.54, 1.807) is 0 Å². The first kappa shape index (κ1) is 16.3. The third kappa shape index (κ3) is 4.05. The van der Waals surface area contributed by atoms with Crippen molar-refractivity contribution in [3.8, 4) is 5.75 Å². The van der Waals surface area contributed by atoms with Crippen molar-refractivity contribution in [2.75, 3.05) is 6.61 Å². The molecule has 0 aliphatic heterocycles. The second kappa shape index (κ2) is 8.35. The van der Waals surface area contributed by atoms with Crippen LogP contribution in [0.4, 0.5) is 0 Å². The maximum absolute atomic E-state index is 5.78. The molecule has 1 nitrogen and oxygen atoms in total. The molecule has 3 aromatic carbocycles. The predicted molar refractivity (Wildman–Crippen MR) is 100 cm³/mol. The summed E-state index contributed by atoms with van der Waals surface area (Å²) < 4.78 is 5.78. The molecule has 3 rings (SSSR count). The molecule has 121 valence electrons. The molecule has 0 fully saturated rings. The standard InChI is InChI=1S/C23H23O/c1-2-3-18-24-22-16-14-21(15-17-22)23(19-10-6-4-7-11-19)20-12-8-5-9-13-20/h4-17H,2-3,18H2,1H3. The Labute approximate surface area is 144 Å². The van der Waals surface area contributed by atoms with Crippen LogP contribution >= 0.6 is 0 Å². The Kier molecular flexibility index (Phi) is 5.68. The van der Waals surface area contributed by atoms with Crippen molar-refractivity contribution in [3.05, 3.63) is 108 Å². The van der Waals surface area contributed by atoms with Crippen LogP contribution in [0.15, 0.2) is 84.9 Å². The second-order valence-corrected chi connectivity index (χ2v) is 5.83. The third-order valence-corrected chi connectivity index (χ3v) is 4.03. The first-order valence-electron chi connectivity index (χ1n) is 8.59. The zero-order chi connectivity index (χ0) is 16.6. The van der Waals surface area contributed by atoms with Crippen molar-refractivity contribution in [1.82, 2.24) is 0 Å². The van der Waals surface area contributed by atoms with Gasteiger partial charge in [-0.2, -0.15) is 0 Å². The van der Waals surface area contributed by atoms with Crippen molar-refractivity contribution < 1.29 is 4.74 Å². The Hall–Kier alpha value is -2.54. The Bertz CT molecular complexity index is 678. The highest BCUT2D eigenvalue weighted by Gasteiger charge is 2.17. The van der Waals surface area contributed by atoms with E-state index in [4.69, 9.17) is 4.74 Å². The minimum atomic E-state index is 0.782. The zero-order valence-electron chi connectivity index (χ0n) is 14.1. The monoisotopic (exact) mass is 315 g/mol. The van der Waals surface area contributed by atoms with Gasteiger partial charge in [0.05, 0.1) is 12.5 Å². The maximum atomic E-state index is 5.78. The lowest BCUT2D eigenvalue weighted by atomic mass is 9.85. The summed E-state index contributed by atoms with van der Waals surface area (Å²) in [4.78, 5) is 0. The van der Waals surface area contributed by atoms with Crippen molar-refractivity contribution in [2.45, 2.75) is 19.8 Å². The van der Waals surface area contributed by atoms with E-state index in [0.717, 1.165) is 25.2 Å². The van der Waals surface area contributed by atoms with Gasteiger partial charge >= 0.3 is 0 Å². The van der Waals surface area contributed by atoms with E-state index in [2.05, 4.69) is 91.9 Å². The van der Waals surface area contributed by atoms with Crippen LogP contribution in [0.1, 0.15) is 36.5 Å². The number of unbranched alkanes of at least 4 members (excludes halogenated alkanes) is 1. The van der Waals surface area contributed by atoms with Crippen molar-refractivity contribution in [2.24, 2.45) is 0 Å². The molecule has 0 aromatic heterocycles. The molecular formula is C23H23O. The average molecular weight is 315 g/mol. The van der Waals surface area contributed by atoms with Crippen LogP contribution < -0.4 is 4.74 Å². The van der Waals surface area contributed by atoms with Crippen LogP contribution in [0.2, 0.25) is 0 Å². The van der Waals surface area contributed by atoms with Crippen LogP contribution in [-0.4, -0.2) is 6.61 Å². The van der Waals surface area contributed by atoms with Gasteiger partial charge in [0, 0.05) is 0 Å². The summed E-state index contributed by atoms with van der Waals surface area (Å²) in [7, 11) is 0. The number of ether oxygens (including phenoxy) is 1. The number of rotatable bonds is 7. The van der Waals surface area contributed by atoms with E-state index >= 15 is 0 Å². The molecule has 0 heterocycles. The molecule has 1 radical (unpaired) electrons. The molecule has 0 saturated carbocycles. The van der Waals surface area contributed by atoms with Gasteiger partial charge in [-0.1, -0.05) is 86.1 Å². The van der Waals surface area contributed by atoms with Crippen LogP contribution in [0, 0.1) is 5.92 Å². The van der Waals surface area contributed by atoms with Gasteiger partial charge < -0.3 is 4.74 Å². The highest BCUT2D eigenvalue weighted by molar-refractivity contribution is 5.57. The summed E-state index contributed by atoms with van der Waals surface area (Å²) in [6.45, 7) is 2.96. The highest BCUT2D eigenvalue weighted by Crippen LogP contribution is 2.31. The SMILES string of the molecule is CCCCOc1ccc([C](c2ccccc2)c2ccccc2)cc1. The molecule has 0 saturated heterocycles. The summed E-state index contributed by atoms with van der Waals surface area (Å²) in [6, 6.07) is 29.5. The number of hydrogen-bond acceptors (Lipinski definition) is 1. The zero-order valence-corrected chi connectivity index (χ0v) is 14.1.